The van der Waals surface area contributed by atoms with Gasteiger partial charge < -0.3 is 4.42 Å². The lowest BCUT2D eigenvalue weighted by Crippen LogP contribution is -2.38. The molecule has 2 aromatic rings. The topological polar surface area (TPSA) is 42.2 Å². The van der Waals surface area contributed by atoms with Gasteiger partial charge in [-0.05, 0) is 63.1 Å². The van der Waals surface area contributed by atoms with Gasteiger partial charge in [0.2, 0.25) is 5.89 Å². The largest absolute Gasteiger partial charge is 0.419 e. The van der Waals surface area contributed by atoms with Crippen LogP contribution in [0.2, 0.25) is 0 Å². The summed E-state index contributed by atoms with van der Waals surface area (Å²) < 4.78 is 5.99. The number of aryl methyl sites for hydroxylation is 2. The third-order valence-electron chi connectivity index (χ3n) is 5.23. The maximum atomic E-state index is 5.99. The van der Waals surface area contributed by atoms with E-state index in [-0.39, 0.29) is 0 Å². The van der Waals surface area contributed by atoms with Gasteiger partial charge in [-0.1, -0.05) is 13.3 Å². The first-order valence-electron chi connectivity index (χ1n) is 9.02. The molecule has 0 spiro atoms. The summed E-state index contributed by atoms with van der Waals surface area (Å²) in [5.41, 5.74) is 1.50. The van der Waals surface area contributed by atoms with Gasteiger partial charge in [-0.3, -0.25) is 4.90 Å². The van der Waals surface area contributed by atoms with Crippen molar-refractivity contribution >= 4 is 11.3 Å². The molecule has 2 aromatic heterocycles. The molecule has 2 aliphatic rings. The number of nitrogens with zero attached hydrogens (tertiary/aromatic N) is 3. The van der Waals surface area contributed by atoms with E-state index in [4.69, 9.17) is 4.42 Å². The molecule has 0 saturated carbocycles. The van der Waals surface area contributed by atoms with Crippen molar-refractivity contribution in [3.63, 3.8) is 0 Å². The number of piperidine rings is 1. The van der Waals surface area contributed by atoms with Gasteiger partial charge in [0.15, 0.2) is 0 Å². The first kappa shape index (κ1) is 15.3. The lowest BCUT2D eigenvalue weighted by Gasteiger charge is -2.33. The van der Waals surface area contributed by atoms with Crippen LogP contribution in [-0.2, 0) is 19.4 Å². The maximum Gasteiger partial charge on any atom is 0.257 e. The second kappa shape index (κ2) is 6.73. The van der Waals surface area contributed by atoms with Gasteiger partial charge >= 0.3 is 0 Å². The van der Waals surface area contributed by atoms with Crippen LogP contribution in [0.15, 0.2) is 10.5 Å². The Kier molecular flexibility index (Phi) is 4.49. The third kappa shape index (κ3) is 3.22. The number of hydrogen-bond acceptors (Lipinski definition) is 5. The second-order valence-corrected chi connectivity index (χ2v) is 7.93. The Morgan fingerprint density at radius 3 is 3.00 bits per heavy atom. The molecule has 1 atom stereocenters. The zero-order valence-corrected chi connectivity index (χ0v) is 14.7. The first-order valence-corrected chi connectivity index (χ1v) is 9.83. The van der Waals surface area contributed by atoms with Gasteiger partial charge in [-0.15, -0.1) is 21.5 Å². The van der Waals surface area contributed by atoms with E-state index in [0.29, 0.717) is 11.9 Å². The van der Waals surface area contributed by atoms with Gasteiger partial charge in [-0.2, -0.15) is 0 Å². The maximum absolute atomic E-state index is 5.99. The number of aromatic nitrogens is 2. The summed E-state index contributed by atoms with van der Waals surface area (Å²) in [7, 11) is 0. The lowest BCUT2D eigenvalue weighted by molar-refractivity contribution is 0.124. The van der Waals surface area contributed by atoms with Crippen LogP contribution in [0.4, 0.5) is 0 Å². The van der Waals surface area contributed by atoms with Gasteiger partial charge in [0.1, 0.15) is 0 Å². The van der Waals surface area contributed by atoms with E-state index in [1.807, 2.05) is 11.3 Å². The molecule has 0 amide bonds. The highest BCUT2D eigenvalue weighted by Crippen LogP contribution is 2.35. The summed E-state index contributed by atoms with van der Waals surface area (Å²) in [6.07, 6.45) is 10.2. The van der Waals surface area contributed by atoms with E-state index >= 15 is 0 Å². The molecule has 0 N–H and O–H groups in total. The van der Waals surface area contributed by atoms with Gasteiger partial charge in [0, 0.05) is 10.9 Å². The second-order valence-electron chi connectivity index (χ2n) is 6.80. The molecular weight excluding hydrogens is 306 g/mol. The smallest absolute Gasteiger partial charge is 0.257 e. The van der Waals surface area contributed by atoms with Crippen LogP contribution in [0, 0.1) is 0 Å². The molecule has 4 rings (SSSR count). The van der Waals surface area contributed by atoms with E-state index in [9.17, 15) is 0 Å². The molecule has 124 valence electrons. The highest BCUT2D eigenvalue weighted by molar-refractivity contribution is 7.15. The van der Waals surface area contributed by atoms with Crippen LogP contribution in [-0.4, -0.2) is 27.7 Å². The average molecular weight is 331 g/mol. The zero-order chi connectivity index (χ0) is 15.6. The molecule has 3 heterocycles. The number of thiophene rings is 1. The van der Waals surface area contributed by atoms with Crippen LogP contribution in [0.5, 0.6) is 0 Å². The Balaban J connectivity index is 1.49. The lowest BCUT2D eigenvalue weighted by atomic mass is 9.99. The molecule has 0 aromatic carbocycles. The Labute approximate surface area is 141 Å². The predicted octanol–water partition coefficient (Wildman–Crippen LogP) is 4.44. The molecule has 0 bridgehead atoms. The van der Waals surface area contributed by atoms with E-state index < -0.39 is 0 Å². The van der Waals surface area contributed by atoms with Gasteiger partial charge in [0.05, 0.1) is 11.4 Å². The fourth-order valence-electron chi connectivity index (χ4n) is 3.92. The van der Waals surface area contributed by atoms with E-state index in [1.165, 1.54) is 61.8 Å². The molecule has 23 heavy (non-hydrogen) atoms. The van der Waals surface area contributed by atoms with Crippen LogP contribution in [0.25, 0.3) is 10.8 Å². The van der Waals surface area contributed by atoms with Crippen molar-refractivity contribution in [1.82, 2.24) is 15.1 Å². The van der Waals surface area contributed by atoms with Crippen LogP contribution in [0.1, 0.15) is 61.8 Å². The Bertz CT molecular complexity index is 640. The molecule has 0 radical (unpaired) electrons. The summed E-state index contributed by atoms with van der Waals surface area (Å²) in [6.45, 7) is 4.23. The number of likely N-dealkylation sites (tertiary alicyclic amines) is 1. The molecule has 1 aliphatic carbocycles. The van der Waals surface area contributed by atoms with E-state index in [2.05, 4.69) is 28.1 Å². The zero-order valence-electron chi connectivity index (χ0n) is 13.9. The minimum absolute atomic E-state index is 0.674. The van der Waals surface area contributed by atoms with Crippen molar-refractivity contribution in [1.29, 1.82) is 0 Å². The highest BCUT2D eigenvalue weighted by Gasteiger charge is 2.23. The predicted molar refractivity (Wildman–Crippen MR) is 92.6 cm³/mol. The van der Waals surface area contributed by atoms with Crippen molar-refractivity contribution in [3.8, 4) is 10.8 Å². The molecule has 1 saturated heterocycles. The Morgan fingerprint density at radius 2 is 2.13 bits per heavy atom. The summed E-state index contributed by atoms with van der Waals surface area (Å²) in [5.74, 6) is 1.48. The minimum atomic E-state index is 0.674. The standard InChI is InChI=1S/C18H25N3OS/c1-2-14-8-5-6-10-21(14)12-17-19-20-18(22-17)16-11-13-7-3-4-9-15(13)23-16/h11,14H,2-10,12H2,1H3. The normalized spacial score (nSPS) is 22.2. The Hall–Kier alpha value is -1.20. The highest BCUT2D eigenvalue weighted by atomic mass is 32.1. The van der Waals surface area contributed by atoms with Crippen molar-refractivity contribution in [2.45, 2.75) is 70.9 Å². The molecule has 1 aliphatic heterocycles. The summed E-state index contributed by atoms with van der Waals surface area (Å²) in [6, 6.07) is 2.94. The van der Waals surface area contributed by atoms with E-state index in [1.54, 1.807) is 0 Å². The number of hydrogen-bond donors (Lipinski definition) is 0. The Morgan fingerprint density at radius 1 is 1.22 bits per heavy atom. The van der Waals surface area contributed by atoms with Crippen LogP contribution >= 0.6 is 11.3 Å². The third-order valence-corrected chi connectivity index (χ3v) is 6.46. The van der Waals surface area contributed by atoms with Crippen LogP contribution in [0.3, 0.4) is 0 Å². The average Bonchev–Trinajstić information content (AvgIpc) is 3.21. The van der Waals surface area contributed by atoms with Crippen LogP contribution < -0.4 is 0 Å². The number of fused-ring (bicyclic) bond motifs is 1. The summed E-state index contributed by atoms with van der Waals surface area (Å²) >= 11 is 1.84. The molecule has 4 nitrogen and oxygen atoms in total. The molecule has 5 heteroatoms. The number of rotatable bonds is 4. The monoisotopic (exact) mass is 331 g/mol. The van der Waals surface area contributed by atoms with Crippen molar-refractivity contribution in [2.75, 3.05) is 6.54 Å². The fourth-order valence-corrected chi connectivity index (χ4v) is 5.09. The quantitative estimate of drug-likeness (QED) is 0.830. The molecule has 1 fully saturated rings. The molecule has 1 unspecified atom stereocenters. The summed E-state index contributed by atoms with van der Waals surface area (Å²) in [5, 5.41) is 8.62. The SMILES string of the molecule is CCC1CCCCN1Cc1nnc(-c2cc3c(s2)CCCC3)o1. The van der Waals surface area contributed by atoms with Crippen molar-refractivity contribution in [3.05, 3.63) is 22.4 Å². The van der Waals surface area contributed by atoms with Gasteiger partial charge in [0.25, 0.3) is 5.89 Å². The molecular formula is C18H25N3OS. The van der Waals surface area contributed by atoms with Gasteiger partial charge in [-0.25, -0.2) is 0 Å². The fraction of sp³-hybridized carbons (Fsp3) is 0.667. The van der Waals surface area contributed by atoms with Crippen molar-refractivity contribution < 1.29 is 4.42 Å². The van der Waals surface area contributed by atoms with Crippen molar-refractivity contribution in [2.24, 2.45) is 0 Å². The minimum Gasteiger partial charge on any atom is -0.419 e. The van der Waals surface area contributed by atoms with E-state index in [0.717, 1.165) is 23.9 Å². The summed E-state index contributed by atoms with van der Waals surface area (Å²) in [4.78, 5) is 5.19. The first-order chi connectivity index (χ1) is 11.3.